The fraction of sp³-hybridized carbons (Fsp3) is 0.250. The fourth-order valence-corrected chi connectivity index (χ4v) is 3.12. The van der Waals surface area contributed by atoms with Crippen molar-refractivity contribution in [1.82, 2.24) is 4.98 Å². The quantitative estimate of drug-likeness (QED) is 0.659. The van der Waals surface area contributed by atoms with Gasteiger partial charge in [0, 0.05) is 30.2 Å². The second-order valence-electron chi connectivity index (χ2n) is 5.26. The van der Waals surface area contributed by atoms with Crippen molar-refractivity contribution in [3.63, 3.8) is 0 Å². The molecule has 0 unspecified atom stereocenters. The summed E-state index contributed by atoms with van der Waals surface area (Å²) < 4.78 is 24.1. The van der Waals surface area contributed by atoms with Gasteiger partial charge >= 0.3 is 5.97 Å². The normalized spacial score (nSPS) is 11.2. The summed E-state index contributed by atoms with van der Waals surface area (Å²) in [5.74, 6) is -1.22. The molecule has 0 fully saturated rings. The Morgan fingerprint density at radius 2 is 1.96 bits per heavy atom. The number of carboxylic acids is 1. The van der Waals surface area contributed by atoms with Gasteiger partial charge in [-0.2, -0.15) is 0 Å². The van der Waals surface area contributed by atoms with Gasteiger partial charge in [-0.25, -0.2) is 18.4 Å². The first-order valence-electron chi connectivity index (χ1n) is 7.43. The monoisotopic (exact) mass is 349 g/mol. The number of hydrogen-bond donors (Lipinski definition) is 3. The molecule has 1 heterocycles. The van der Waals surface area contributed by atoms with Crippen molar-refractivity contribution in [1.29, 1.82) is 0 Å². The van der Waals surface area contributed by atoms with E-state index in [1.165, 1.54) is 18.5 Å². The number of aromatic carboxylic acids is 1. The topological polar surface area (TPSA) is 122 Å². The van der Waals surface area contributed by atoms with Gasteiger partial charge in [0.25, 0.3) is 0 Å². The molecule has 4 N–H and O–H groups in total. The SMILES string of the molecule is CCCCNc1cc(C(=O)O)cc(S(N)(=O)=O)c1-c1ccncc1. The van der Waals surface area contributed by atoms with Crippen LogP contribution < -0.4 is 10.5 Å². The first-order valence-corrected chi connectivity index (χ1v) is 8.97. The molecule has 0 aliphatic rings. The third-order valence-electron chi connectivity index (χ3n) is 3.47. The number of hydrogen-bond acceptors (Lipinski definition) is 5. The maximum atomic E-state index is 12.0. The zero-order chi connectivity index (χ0) is 17.7. The number of pyridine rings is 1. The van der Waals surface area contributed by atoms with Gasteiger partial charge in [-0.3, -0.25) is 4.98 Å². The smallest absolute Gasteiger partial charge is 0.335 e. The maximum absolute atomic E-state index is 12.0. The van der Waals surface area contributed by atoms with E-state index in [4.69, 9.17) is 5.14 Å². The van der Waals surface area contributed by atoms with Crippen LogP contribution in [0.1, 0.15) is 30.1 Å². The second kappa shape index (κ2) is 7.41. The highest BCUT2D eigenvalue weighted by atomic mass is 32.2. The summed E-state index contributed by atoms with van der Waals surface area (Å²) in [4.78, 5) is 15.0. The minimum absolute atomic E-state index is 0.143. The molecule has 1 aromatic heterocycles. The van der Waals surface area contributed by atoms with E-state index in [0.717, 1.165) is 18.9 Å². The van der Waals surface area contributed by atoms with Crippen LogP contribution in [0.5, 0.6) is 0 Å². The summed E-state index contributed by atoms with van der Waals surface area (Å²) in [5.41, 5.74) is 1.21. The van der Waals surface area contributed by atoms with E-state index in [-0.39, 0.29) is 10.5 Å². The van der Waals surface area contributed by atoms with Crippen LogP contribution >= 0.6 is 0 Å². The molecule has 7 nitrogen and oxygen atoms in total. The molecular formula is C16H19N3O4S. The largest absolute Gasteiger partial charge is 0.478 e. The summed E-state index contributed by atoms with van der Waals surface area (Å²) in [6.45, 7) is 2.61. The molecule has 128 valence electrons. The molecule has 0 radical (unpaired) electrons. The van der Waals surface area contributed by atoms with E-state index >= 15 is 0 Å². The van der Waals surface area contributed by atoms with Crippen molar-refractivity contribution in [2.75, 3.05) is 11.9 Å². The Morgan fingerprint density at radius 3 is 2.50 bits per heavy atom. The van der Waals surface area contributed by atoms with Crippen molar-refractivity contribution >= 4 is 21.7 Å². The minimum Gasteiger partial charge on any atom is -0.478 e. The molecule has 0 aliphatic carbocycles. The van der Waals surface area contributed by atoms with Gasteiger partial charge in [0.2, 0.25) is 10.0 Å². The van der Waals surface area contributed by atoms with Crippen LogP contribution in [-0.4, -0.2) is 31.0 Å². The Bertz CT molecular complexity index is 836. The van der Waals surface area contributed by atoms with Gasteiger partial charge < -0.3 is 10.4 Å². The molecule has 8 heteroatoms. The summed E-state index contributed by atoms with van der Waals surface area (Å²) in [6.07, 6.45) is 4.86. The van der Waals surface area contributed by atoms with Gasteiger partial charge in [-0.15, -0.1) is 0 Å². The van der Waals surface area contributed by atoms with Crippen molar-refractivity contribution < 1.29 is 18.3 Å². The Balaban J connectivity index is 2.73. The lowest BCUT2D eigenvalue weighted by atomic mass is 10.0. The highest BCUT2D eigenvalue weighted by Gasteiger charge is 2.22. The van der Waals surface area contributed by atoms with Crippen molar-refractivity contribution in [2.45, 2.75) is 24.7 Å². The second-order valence-corrected chi connectivity index (χ2v) is 6.79. The third-order valence-corrected chi connectivity index (χ3v) is 4.41. The number of nitrogens with one attached hydrogen (secondary N) is 1. The molecule has 1 aromatic carbocycles. The minimum atomic E-state index is -4.11. The number of nitrogens with zero attached hydrogens (tertiary/aromatic N) is 1. The van der Waals surface area contributed by atoms with E-state index in [1.54, 1.807) is 12.1 Å². The highest BCUT2D eigenvalue weighted by molar-refractivity contribution is 7.89. The first-order chi connectivity index (χ1) is 11.3. The van der Waals surface area contributed by atoms with Crippen molar-refractivity contribution in [3.8, 4) is 11.1 Å². The standard InChI is InChI=1S/C16H19N3O4S/c1-2-3-6-19-13-9-12(16(20)21)10-14(24(17,22)23)15(13)11-4-7-18-8-5-11/h4-5,7-10,19H,2-3,6H2,1H3,(H,20,21)(H2,17,22,23). The van der Waals surface area contributed by atoms with Crippen LogP contribution in [0.15, 0.2) is 41.6 Å². The molecular weight excluding hydrogens is 330 g/mol. The van der Waals surface area contributed by atoms with Crippen LogP contribution in [0.2, 0.25) is 0 Å². The molecule has 0 aliphatic heterocycles. The van der Waals surface area contributed by atoms with Crippen LogP contribution in [0.25, 0.3) is 11.1 Å². The number of sulfonamides is 1. The summed E-state index contributed by atoms with van der Waals surface area (Å²) in [5, 5.41) is 17.7. The Morgan fingerprint density at radius 1 is 1.29 bits per heavy atom. The molecule has 0 bridgehead atoms. The number of nitrogens with two attached hydrogens (primary N) is 1. The summed E-state index contributed by atoms with van der Waals surface area (Å²) in [7, 11) is -4.11. The van der Waals surface area contributed by atoms with Crippen LogP contribution in [0.3, 0.4) is 0 Å². The van der Waals surface area contributed by atoms with E-state index in [0.29, 0.717) is 23.4 Å². The van der Waals surface area contributed by atoms with Gasteiger partial charge in [0.05, 0.1) is 10.5 Å². The number of carbonyl (C=O) groups is 1. The van der Waals surface area contributed by atoms with E-state index in [1.807, 2.05) is 6.92 Å². The Hall–Kier alpha value is -2.45. The molecule has 0 saturated heterocycles. The number of aromatic nitrogens is 1. The van der Waals surface area contributed by atoms with Crippen LogP contribution in [0, 0.1) is 0 Å². The third kappa shape index (κ3) is 4.09. The average Bonchev–Trinajstić information content (AvgIpc) is 2.54. The van der Waals surface area contributed by atoms with Crippen molar-refractivity contribution in [3.05, 3.63) is 42.2 Å². The predicted octanol–water partition coefficient (Wildman–Crippen LogP) is 2.31. The molecule has 2 aromatic rings. The van der Waals surface area contributed by atoms with Gasteiger partial charge in [-0.1, -0.05) is 13.3 Å². The number of anilines is 1. The van der Waals surface area contributed by atoms with Gasteiger partial charge in [0.15, 0.2) is 0 Å². The number of primary sulfonamides is 1. The lowest BCUT2D eigenvalue weighted by Gasteiger charge is -2.17. The lowest BCUT2D eigenvalue weighted by Crippen LogP contribution is -2.16. The first kappa shape index (κ1) is 17.9. The number of benzene rings is 1. The maximum Gasteiger partial charge on any atom is 0.335 e. The van der Waals surface area contributed by atoms with E-state index < -0.39 is 16.0 Å². The Labute approximate surface area is 140 Å². The molecule has 0 saturated carbocycles. The summed E-state index contributed by atoms with van der Waals surface area (Å²) >= 11 is 0. The van der Waals surface area contributed by atoms with E-state index in [2.05, 4.69) is 10.3 Å². The average molecular weight is 349 g/mol. The van der Waals surface area contributed by atoms with Gasteiger partial charge in [0.1, 0.15) is 0 Å². The van der Waals surface area contributed by atoms with E-state index in [9.17, 15) is 18.3 Å². The zero-order valence-corrected chi connectivity index (χ0v) is 14.0. The number of carboxylic acid groups (broad SMARTS) is 1. The van der Waals surface area contributed by atoms with Crippen molar-refractivity contribution in [2.24, 2.45) is 5.14 Å². The van der Waals surface area contributed by atoms with Gasteiger partial charge in [-0.05, 0) is 36.2 Å². The predicted molar refractivity (Wildman–Crippen MR) is 91.4 cm³/mol. The Kier molecular flexibility index (Phi) is 5.53. The van der Waals surface area contributed by atoms with Crippen LogP contribution in [0.4, 0.5) is 5.69 Å². The molecule has 0 atom stereocenters. The summed E-state index contributed by atoms with van der Waals surface area (Å²) in [6, 6.07) is 5.80. The fourth-order valence-electron chi connectivity index (χ4n) is 2.32. The highest BCUT2D eigenvalue weighted by Crippen LogP contribution is 2.35. The molecule has 24 heavy (non-hydrogen) atoms. The number of unbranched alkanes of at least 4 members (excludes halogenated alkanes) is 1. The van der Waals surface area contributed by atoms with Crippen LogP contribution in [-0.2, 0) is 10.0 Å². The molecule has 2 rings (SSSR count). The zero-order valence-electron chi connectivity index (χ0n) is 13.2. The lowest BCUT2D eigenvalue weighted by molar-refractivity contribution is 0.0696. The number of rotatable bonds is 7. The molecule has 0 spiro atoms. The molecule has 0 amide bonds.